The standard InChI is InChI=1S/C12H15NO/c1-3-5-11(9-13)10-6-4-7-12(8-10)14-2/h4,6-8,11H,3,5H2,1-2H3. The number of benzene rings is 1. The van der Waals surface area contributed by atoms with Crippen molar-refractivity contribution in [2.75, 3.05) is 7.11 Å². The topological polar surface area (TPSA) is 33.0 Å². The lowest BCUT2D eigenvalue weighted by Gasteiger charge is -2.09. The van der Waals surface area contributed by atoms with Gasteiger partial charge in [-0.1, -0.05) is 25.5 Å². The number of rotatable bonds is 4. The summed E-state index contributed by atoms with van der Waals surface area (Å²) < 4.78 is 5.12. The average Bonchev–Trinajstić information content (AvgIpc) is 2.26. The Hall–Kier alpha value is -1.49. The number of ether oxygens (including phenoxy) is 1. The van der Waals surface area contributed by atoms with Gasteiger partial charge < -0.3 is 4.74 Å². The van der Waals surface area contributed by atoms with Gasteiger partial charge in [0.1, 0.15) is 5.75 Å². The summed E-state index contributed by atoms with van der Waals surface area (Å²) in [5.74, 6) is 0.814. The molecular weight excluding hydrogens is 174 g/mol. The van der Waals surface area contributed by atoms with Crippen LogP contribution in [0.1, 0.15) is 31.2 Å². The van der Waals surface area contributed by atoms with E-state index in [4.69, 9.17) is 10.00 Å². The maximum atomic E-state index is 8.98. The first-order valence-electron chi connectivity index (χ1n) is 4.85. The van der Waals surface area contributed by atoms with Gasteiger partial charge in [-0.25, -0.2) is 0 Å². The highest BCUT2D eigenvalue weighted by atomic mass is 16.5. The molecule has 0 saturated carbocycles. The quantitative estimate of drug-likeness (QED) is 0.729. The third kappa shape index (κ3) is 2.50. The number of nitrogens with zero attached hydrogens (tertiary/aromatic N) is 1. The van der Waals surface area contributed by atoms with Gasteiger partial charge in [0.25, 0.3) is 0 Å². The van der Waals surface area contributed by atoms with Crippen molar-refractivity contribution in [3.05, 3.63) is 29.8 Å². The van der Waals surface area contributed by atoms with E-state index in [1.54, 1.807) is 7.11 Å². The fraction of sp³-hybridized carbons (Fsp3) is 0.417. The Morgan fingerprint density at radius 2 is 2.29 bits per heavy atom. The molecule has 1 rings (SSSR count). The van der Waals surface area contributed by atoms with Crippen LogP contribution in [-0.2, 0) is 0 Å². The van der Waals surface area contributed by atoms with Crippen LogP contribution in [0, 0.1) is 11.3 Å². The zero-order chi connectivity index (χ0) is 10.4. The normalized spacial score (nSPS) is 11.8. The Labute approximate surface area is 85.1 Å². The van der Waals surface area contributed by atoms with Crippen LogP contribution in [0.3, 0.4) is 0 Å². The zero-order valence-electron chi connectivity index (χ0n) is 8.66. The molecule has 1 aromatic rings. The molecule has 0 bridgehead atoms. The van der Waals surface area contributed by atoms with E-state index in [0.29, 0.717) is 0 Å². The minimum Gasteiger partial charge on any atom is -0.497 e. The van der Waals surface area contributed by atoms with Gasteiger partial charge in [0.05, 0.1) is 19.1 Å². The van der Waals surface area contributed by atoms with Crippen molar-refractivity contribution in [2.45, 2.75) is 25.7 Å². The van der Waals surface area contributed by atoms with E-state index in [1.807, 2.05) is 24.3 Å². The maximum absolute atomic E-state index is 8.98. The van der Waals surface area contributed by atoms with E-state index in [2.05, 4.69) is 13.0 Å². The molecule has 0 aliphatic rings. The minimum absolute atomic E-state index is 0.00454. The Balaban J connectivity index is 2.88. The van der Waals surface area contributed by atoms with E-state index in [-0.39, 0.29) is 5.92 Å². The molecule has 0 fully saturated rings. The van der Waals surface area contributed by atoms with Crippen molar-refractivity contribution in [1.82, 2.24) is 0 Å². The predicted molar refractivity (Wildman–Crippen MR) is 56.3 cm³/mol. The second-order valence-electron chi connectivity index (χ2n) is 3.25. The molecule has 1 unspecified atom stereocenters. The van der Waals surface area contributed by atoms with E-state index in [0.717, 1.165) is 24.2 Å². The summed E-state index contributed by atoms with van der Waals surface area (Å²) in [4.78, 5) is 0. The van der Waals surface area contributed by atoms with Crippen molar-refractivity contribution in [3.63, 3.8) is 0 Å². The minimum atomic E-state index is -0.00454. The smallest absolute Gasteiger partial charge is 0.119 e. The molecule has 74 valence electrons. The van der Waals surface area contributed by atoms with Crippen molar-refractivity contribution in [2.24, 2.45) is 0 Å². The van der Waals surface area contributed by atoms with E-state index >= 15 is 0 Å². The monoisotopic (exact) mass is 189 g/mol. The summed E-state index contributed by atoms with van der Waals surface area (Å²) in [6, 6.07) is 10.0. The maximum Gasteiger partial charge on any atom is 0.119 e. The highest BCUT2D eigenvalue weighted by molar-refractivity contribution is 5.33. The van der Waals surface area contributed by atoms with E-state index in [1.165, 1.54) is 0 Å². The third-order valence-corrected chi connectivity index (χ3v) is 2.23. The molecule has 1 aromatic carbocycles. The van der Waals surface area contributed by atoms with Gasteiger partial charge in [0.2, 0.25) is 0 Å². The summed E-state index contributed by atoms with van der Waals surface area (Å²) in [5, 5.41) is 8.98. The lowest BCUT2D eigenvalue weighted by atomic mass is 9.96. The molecule has 0 heterocycles. The lowest BCUT2D eigenvalue weighted by Crippen LogP contribution is -1.95. The van der Waals surface area contributed by atoms with Crippen LogP contribution in [-0.4, -0.2) is 7.11 Å². The van der Waals surface area contributed by atoms with Crippen LogP contribution >= 0.6 is 0 Å². The van der Waals surface area contributed by atoms with Crippen LogP contribution in [0.2, 0.25) is 0 Å². The van der Waals surface area contributed by atoms with Gasteiger partial charge in [-0.2, -0.15) is 5.26 Å². The van der Waals surface area contributed by atoms with Crippen LogP contribution in [0.5, 0.6) is 5.75 Å². The number of hydrogen-bond acceptors (Lipinski definition) is 2. The molecule has 0 radical (unpaired) electrons. The molecular formula is C12H15NO. The lowest BCUT2D eigenvalue weighted by molar-refractivity contribution is 0.414. The molecule has 0 amide bonds. The largest absolute Gasteiger partial charge is 0.497 e. The summed E-state index contributed by atoms with van der Waals surface area (Å²) in [5.41, 5.74) is 1.05. The summed E-state index contributed by atoms with van der Waals surface area (Å²) >= 11 is 0. The molecule has 0 N–H and O–H groups in total. The molecule has 0 aliphatic heterocycles. The van der Waals surface area contributed by atoms with Gasteiger partial charge in [-0.3, -0.25) is 0 Å². The third-order valence-electron chi connectivity index (χ3n) is 2.23. The zero-order valence-corrected chi connectivity index (χ0v) is 8.66. The van der Waals surface area contributed by atoms with Crippen LogP contribution in [0.25, 0.3) is 0 Å². The van der Waals surface area contributed by atoms with Gasteiger partial charge in [0.15, 0.2) is 0 Å². The molecule has 0 aliphatic carbocycles. The van der Waals surface area contributed by atoms with Gasteiger partial charge >= 0.3 is 0 Å². The fourth-order valence-corrected chi connectivity index (χ4v) is 1.45. The first-order valence-corrected chi connectivity index (χ1v) is 4.85. The number of methoxy groups -OCH3 is 1. The Morgan fingerprint density at radius 3 is 2.86 bits per heavy atom. The summed E-state index contributed by atoms with van der Waals surface area (Å²) in [7, 11) is 1.64. The SMILES string of the molecule is CCCC(C#N)c1cccc(OC)c1. The second kappa shape index (κ2) is 5.29. The highest BCUT2D eigenvalue weighted by Crippen LogP contribution is 2.23. The van der Waals surface area contributed by atoms with Crippen LogP contribution in [0.4, 0.5) is 0 Å². The molecule has 2 nitrogen and oxygen atoms in total. The van der Waals surface area contributed by atoms with Gasteiger partial charge in [-0.05, 0) is 24.1 Å². The fourth-order valence-electron chi connectivity index (χ4n) is 1.45. The number of nitriles is 1. The average molecular weight is 189 g/mol. The molecule has 0 aromatic heterocycles. The van der Waals surface area contributed by atoms with E-state index < -0.39 is 0 Å². The second-order valence-corrected chi connectivity index (χ2v) is 3.25. The highest BCUT2D eigenvalue weighted by Gasteiger charge is 2.09. The molecule has 0 spiro atoms. The Bertz CT molecular complexity index is 327. The molecule has 2 heteroatoms. The summed E-state index contributed by atoms with van der Waals surface area (Å²) in [6.45, 7) is 2.09. The van der Waals surface area contributed by atoms with E-state index in [9.17, 15) is 0 Å². The first-order chi connectivity index (χ1) is 6.81. The van der Waals surface area contributed by atoms with Crippen molar-refractivity contribution in [1.29, 1.82) is 5.26 Å². The summed E-state index contributed by atoms with van der Waals surface area (Å²) in [6.07, 6.45) is 1.93. The number of hydrogen-bond donors (Lipinski definition) is 0. The molecule has 14 heavy (non-hydrogen) atoms. The van der Waals surface area contributed by atoms with Crippen molar-refractivity contribution in [3.8, 4) is 11.8 Å². The van der Waals surface area contributed by atoms with Gasteiger partial charge in [0, 0.05) is 0 Å². The van der Waals surface area contributed by atoms with Crippen LogP contribution in [0.15, 0.2) is 24.3 Å². The van der Waals surface area contributed by atoms with Crippen molar-refractivity contribution < 1.29 is 4.74 Å². The molecule has 1 atom stereocenters. The first kappa shape index (κ1) is 10.6. The van der Waals surface area contributed by atoms with Crippen LogP contribution < -0.4 is 4.74 Å². The Kier molecular flexibility index (Phi) is 4.00. The van der Waals surface area contributed by atoms with Crippen molar-refractivity contribution >= 4 is 0 Å². The van der Waals surface area contributed by atoms with Gasteiger partial charge in [-0.15, -0.1) is 0 Å². The Morgan fingerprint density at radius 1 is 1.50 bits per heavy atom. The molecule has 0 saturated heterocycles. The predicted octanol–water partition coefficient (Wildman–Crippen LogP) is 3.10.